The van der Waals surface area contributed by atoms with Crippen molar-refractivity contribution in [2.24, 2.45) is 5.73 Å². The van der Waals surface area contributed by atoms with Crippen LogP contribution in [0.5, 0.6) is 0 Å². The monoisotopic (exact) mass is 285 g/mol. The Morgan fingerprint density at radius 2 is 2.00 bits per heavy atom. The van der Waals surface area contributed by atoms with Crippen molar-refractivity contribution in [3.63, 3.8) is 0 Å². The zero-order valence-electron chi connectivity index (χ0n) is 10.6. The van der Waals surface area contributed by atoms with E-state index >= 15 is 0 Å². The van der Waals surface area contributed by atoms with E-state index in [1.54, 1.807) is 0 Å². The van der Waals surface area contributed by atoms with Gasteiger partial charge < -0.3 is 5.73 Å². The van der Waals surface area contributed by atoms with Gasteiger partial charge in [-0.3, -0.25) is 10.5 Å². The first kappa shape index (κ1) is 14.0. The summed E-state index contributed by atoms with van der Waals surface area (Å²) in [5, 5.41) is 13.9. The Morgan fingerprint density at radius 1 is 1.37 bits per heavy atom. The van der Waals surface area contributed by atoms with Gasteiger partial charge in [0.05, 0.1) is 11.7 Å². The van der Waals surface area contributed by atoms with Crippen LogP contribution in [0.15, 0.2) is 17.3 Å². The average molecular weight is 285 g/mol. The molecule has 7 nitrogen and oxygen atoms in total. The normalized spacial score (nSPS) is 19.8. The molecule has 0 atom stereocenters. The van der Waals surface area contributed by atoms with E-state index in [0.717, 1.165) is 25.7 Å². The van der Waals surface area contributed by atoms with E-state index in [4.69, 9.17) is 11.1 Å². The molecule has 1 aliphatic carbocycles. The number of hydrogen-bond acceptors (Lipinski definition) is 4. The van der Waals surface area contributed by atoms with Crippen molar-refractivity contribution in [1.29, 1.82) is 5.41 Å². The Bertz CT molecular complexity index is 529. The van der Waals surface area contributed by atoms with Gasteiger partial charge in [-0.1, -0.05) is 25.7 Å². The highest BCUT2D eigenvalue weighted by atomic mass is 32.2. The van der Waals surface area contributed by atoms with Crippen LogP contribution in [0.1, 0.15) is 38.5 Å². The highest BCUT2D eigenvalue weighted by Crippen LogP contribution is 2.28. The lowest BCUT2D eigenvalue weighted by atomic mass is 9.90. The predicted molar refractivity (Wildman–Crippen MR) is 71.3 cm³/mol. The van der Waals surface area contributed by atoms with Crippen LogP contribution in [0.3, 0.4) is 0 Å². The molecule has 0 spiro atoms. The fourth-order valence-corrected chi connectivity index (χ4v) is 3.81. The van der Waals surface area contributed by atoms with E-state index in [-0.39, 0.29) is 10.7 Å². The Labute approximate surface area is 112 Å². The van der Waals surface area contributed by atoms with Gasteiger partial charge in [-0.2, -0.15) is 9.82 Å². The third kappa shape index (κ3) is 2.95. The molecule has 1 aromatic rings. The topological polar surface area (TPSA) is 125 Å². The van der Waals surface area contributed by atoms with Gasteiger partial charge in [-0.05, 0) is 12.8 Å². The molecule has 2 rings (SSSR count). The molecule has 1 aromatic heterocycles. The smallest absolute Gasteiger partial charge is 0.244 e. The number of sulfonamides is 1. The Balaban J connectivity index is 2.28. The molecule has 0 aliphatic heterocycles. The van der Waals surface area contributed by atoms with Crippen LogP contribution in [-0.2, 0) is 10.0 Å². The minimum Gasteiger partial charge on any atom is -0.386 e. The Morgan fingerprint density at radius 3 is 2.47 bits per heavy atom. The molecule has 0 unspecified atom stereocenters. The standard InChI is InChI=1S/C11H19N5O2S/c12-10(13)11(5-3-1-2-4-6-11)16-19(17,18)9-7-14-15-8-9/h7-8,16H,1-6H2,(H3,12,13)(H,14,15). The van der Waals surface area contributed by atoms with Crippen LogP contribution in [-0.4, -0.2) is 30.0 Å². The second-order valence-electron chi connectivity index (χ2n) is 4.95. The van der Waals surface area contributed by atoms with Crippen molar-refractivity contribution in [1.82, 2.24) is 14.9 Å². The summed E-state index contributed by atoms with van der Waals surface area (Å²) in [5.74, 6) is -0.110. The lowest BCUT2D eigenvalue weighted by Crippen LogP contribution is -2.56. The molecule has 5 N–H and O–H groups in total. The zero-order valence-corrected chi connectivity index (χ0v) is 11.5. The van der Waals surface area contributed by atoms with Crippen LogP contribution < -0.4 is 10.5 Å². The Hall–Kier alpha value is -1.41. The zero-order chi connectivity index (χ0) is 13.9. The van der Waals surface area contributed by atoms with E-state index < -0.39 is 15.6 Å². The number of nitrogens with two attached hydrogens (primary N) is 1. The van der Waals surface area contributed by atoms with Crippen LogP contribution in [0.2, 0.25) is 0 Å². The van der Waals surface area contributed by atoms with Gasteiger partial charge in [0.25, 0.3) is 0 Å². The molecular formula is C11H19N5O2S. The van der Waals surface area contributed by atoms with Gasteiger partial charge in [-0.15, -0.1) is 0 Å². The maximum absolute atomic E-state index is 12.3. The van der Waals surface area contributed by atoms with Crippen molar-refractivity contribution >= 4 is 15.9 Å². The lowest BCUT2D eigenvalue weighted by molar-refractivity contribution is 0.434. The van der Waals surface area contributed by atoms with Gasteiger partial charge in [0.15, 0.2) is 0 Å². The molecule has 0 amide bonds. The number of aromatic nitrogens is 2. The minimum atomic E-state index is -3.70. The third-order valence-electron chi connectivity index (χ3n) is 3.59. The molecule has 1 fully saturated rings. The van der Waals surface area contributed by atoms with Gasteiger partial charge in [0, 0.05) is 6.20 Å². The van der Waals surface area contributed by atoms with E-state index in [1.807, 2.05) is 0 Å². The summed E-state index contributed by atoms with van der Waals surface area (Å²) < 4.78 is 27.1. The van der Waals surface area contributed by atoms with E-state index in [0.29, 0.717) is 12.8 Å². The first-order chi connectivity index (χ1) is 8.96. The molecule has 0 saturated heterocycles. The average Bonchev–Trinajstić information content (AvgIpc) is 2.78. The first-order valence-corrected chi connectivity index (χ1v) is 7.82. The fourth-order valence-electron chi connectivity index (χ4n) is 2.46. The molecule has 1 saturated carbocycles. The summed E-state index contributed by atoms with van der Waals surface area (Å²) in [6, 6.07) is 0. The SMILES string of the molecule is N=C(N)C1(NS(=O)(=O)c2cn[nH]c2)CCCCCC1. The Kier molecular flexibility index (Phi) is 3.91. The number of amidine groups is 1. The van der Waals surface area contributed by atoms with Crippen molar-refractivity contribution in [2.75, 3.05) is 0 Å². The summed E-state index contributed by atoms with van der Waals surface area (Å²) in [7, 11) is -3.70. The number of nitrogens with one attached hydrogen (secondary N) is 3. The first-order valence-electron chi connectivity index (χ1n) is 6.34. The van der Waals surface area contributed by atoms with Gasteiger partial charge >= 0.3 is 0 Å². The maximum atomic E-state index is 12.3. The largest absolute Gasteiger partial charge is 0.386 e. The summed E-state index contributed by atoms with van der Waals surface area (Å²) in [5.41, 5.74) is 4.71. The van der Waals surface area contributed by atoms with E-state index in [1.165, 1.54) is 12.4 Å². The quantitative estimate of drug-likeness (QED) is 0.369. The summed E-state index contributed by atoms with van der Waals surface area (Å²) in [4.78, 5) is 0.0670. The third-order valence-corrected chi connectivity index (χ3v) is 5.09. The number of aromatic amines is 1. The number of nitrogens with zero attached hydrogens (tertiary/aromatic N) is 1. The van der Waals surface area contributed by atoms with Crippen molar-refractivity contribution in [2.45, 2.75) is 49.0 Å². The summed E-state index contributed by atoms with van der Waals surface area (Å²) in [6.45, 7) is 0. The van der Waals surface area contributed by atoms with E-state index in [9.17, 15) is 8.42 Å². The molecular weight excluding hydrogens is 266 g/mol. The second kappa shape index (κ2) is 5.30. The highest BCUT2D eigenvalue weighted by molar-refractivity contribution is 7.89. The number of rotatable bonds is 4. The van der Waals surface area contributed by atoms with Crippen molar-refractivity contribution < 1.29 is 8.42 Å². The highest BCUT2D eigenvalue weighted by Gasteiger charge is 2.38. The predicted octanol–water partition coefficient (Wildman–Crippen LogP) is 0.717. The molecule has 0 radical (unpaired) electrons. The van der Waals surface area contributed by atoms with Gasteiger partial charge in [0.1, 0.15) is 10.7 Å². The van der Waals surface area contributed by atoms with Crippen LogP contribution in [0, 0.1) is 5.41 Å². The molecule has 1 aliphatic rings. The lowest BCUT2D eigenvalue weighted by Gasteiger charge is -2.32. The molecule has 8 heteroatoms. The van der Waals surface area contributed by atoms with E-state index in [2.05, 4.69) is 14.9 Å². The minimum absolute atomic E-state index is 0.0670. The van der Waals surface area contributed by atoms with Crippen molar-refractivity contribution in [3.8, 4) is 0 Å². The number of H-pyrrole nitrogens is 1. The maximum Gasteiger partial charge on any atom is 0.244 e. The van der Waals surface area contributed by atoms with Crippen molar-refractivity contribution in [3.05, 3.63) is 12.4 Å². The second-order valence-corrected chi connectivity index (χ2v) is 6.63. The fraction of sp³-hybridized carbons (Fsp3) is 0.636. The number of hydrogen-bond donors (Lipinski definition) is 4. The summed E-state index contributed by atoms with van der Waals surface area (Å²) in [6.07, 6.45) is 7.52. The summed E-state index contributed by atoms with van der Waals surface area (Å²) >= 11 is 0. The molecule has 19 heavy (non-hydrogen) atoms. The van der Waals surface area contributed by atoms with Crippen LogP contribution in [0.4, 0.5) is 0 Å². The van der Waals surface area contributed by atoms with Gasteiger partial charge in [0.2, 0.25) is 10.0 Å². The van der Waals surface area contributed by atoms with Crippen LogP contribution in [0.25, 0.3) is 0 Å². The van der Waals surface area contributed by atoms with Gasteiger partial charge in [-0.25, -0.2) is 8.42 Å². The molecule has 106 valence electrons. The molecule has 0 aromatic carbocycles. The molecule has 0 bridgehead atoms. The van der Waals surface area contributed by atoms with Crippen LogP contribution >= 0.6 is 0 Å². The molecule has 1 heterocycles.